The van der Waals surface area contributed by atoms with Crippen LogP contribution < -0.4 is 0 Å². The van der Waals surface area contributed by atoms with Crippen LogP contribution in [0, 0.1) is 0 Å². The van der Waals surface area contributed by atoms with Crippen molar-refractivity contribution in [1.29, 1.82) is 0 Å². The highest BCUT2D eigenvalue weighted by molar-refractivity contribution is 7.86. The standard InChI is InChI=1S/C7H7NO5S2/c9-7(6-4-2-1-3-5-6)8(14(10)11)15(12)13/h1-5,14-15H. The topological polar surface area (TPSA) is 88.6 Å². The average Bonchev–Trinajstić information content (AvgIpc) is 2.18. The minimum absolute atomic E-state index is 0.00380. The molecule has 0 heterocycles. The van der Waals surface area contributed by atoms with Crippen molar-refractivity contribution >= 4 is 27.7 Å². The highest BCUT2D eigenvalue weighted by Crippen LogP contribution is 2.04. The molecule has 15 heavy (non-hydrogen) atoms. The molecule has 0 N–H and O–H groups in total. The third-order valence-electron chi connectivity index (χ3n) is 1.51. The van der Waals surface area contributed by atoms with E-state index in [1.165, 1.54) is 24.3 Å². The lowest BCUT2D eigenvalue weighted by Gasteiger charge is -2.06. The van der Waals surface area contributed by atoms with Crippen molar-refractivity contribution in [2.45, 2.75) is 0 Å². The van der Waals surface area contributed by atoms with Gasteiger partial charge in [0.05, 0.1) is 0 Å². The SMILES string of the molecule is O=C(c1ccccc1)N([SH](=O)=O)[SH](=O)=O. The number of carbonyl (C=O) groups is 1. The molecule has 0 spiro atoms. The predicted octanol–water partition coefficient (Wildman–Crippen LogP) is -0.818. The smallest absolute Gasteiger partial charge is 0.267 e. The molecule has 0 aliphatic carbocycles. The third-order valence-corrected chi connectivity index (χ3v) is 3.37. The first-order chi connectivity index (χ1) is 7.04. The molecule has 0 bridgehead atoms. The van der Waals surface area contributed by atoms with Gasteiger partial charge in [-0.25, -0.2) is 16.8 Å². The Kier molecular flexibility index (Phi) is 3.81. The van der Waals surface area contributed by atoms with Gasteiger partial charge in [-0.05, 0) is 12.1 Å². The fourth-order valence-corrected chi connectivity index (χ4v) is 1.91. The van der Waals surface area contributed by atoms with E-state index in [-0.39, 0.29) is 9.27 Å². The number of hydrogen-bond donors (Lipinski definition) is 2. The molecular weight excluding hydrogens is 242 g/mol. The number of amides is 1. The molecular formula is C7H7NO5S2. The van der Waals surface area contributed by atoms with Crippen molar-refractivity contribution in [3.63, 3.8) is 0 Å². The van der Waals surface area contributed by atoms with Crippen LogP contribution >= 0.6 is 0 Å². The van der Waals surface area contributed by atoms with Gasteiger partial charge < -0.3 is 0 Å². The lowest BCUT2D eigenvalue weighted by atomic mass is 10.2. The summed E-state index contributed by atoms with van der Waals surface area (Å²) in [5, 5.41) is 0. The maximum absolute atomic E-state index is 11.4. The van der Waals surface area contributed by atoms with Gasteiger partial charge >= 0.3 is 0 Å². The lowest BCUT2D eigenvalue weighted by molar-refractivity contribution is 0.0926. The summed E-state index contributed by atoms with van der Waals surface area (Å²) in [5.74, 6) is -1.08. The number of benzene rings is 1. The molecule has 0 saturated heterocycles. The summed E-state index contributed by atoms with van der Waals surface area (Å²) in [6.07, 6.45) is 0. The highest BCUT2D eigenvalue weighted by atomic mass is 32.2. The van der Waals surface area contributed by atoms with Crippen molar-refractivity contribution < 1.29 is 21.6 Å². The predicted molar refractivity (Wildman–Crippen MR) is 53.2 cm³/mol. The van der Waals surface area contributed by atoms with Gasteiger partial charge in [-0.2, -0.15) is 0 Å². The van der Waals surface area contributed by atoms with E-state index in [2.05, 4.69) is 0 Å². The van der Waals surface area contributed by atoms with Gasteiger partial charge in [0.1, 0.15) is 0 Å². The van der Waals surface area contributed by atoms with Crippen molar-refractivity contribution in [2.24, 2.45) is 0 Å². The van der Waals surface area contributed by atoms with Gasteiger partial charge in [-0.15, -0.1) is 3.71 Å². The molecule has 1 aromatic rings. The number of thiol groups is 2. The van der Waals surface area contributed by atoms with Gasteiger partial charge in [-0.1, -0.05) is 18.2 Å². The monoisotopic (exact) mass is 249 g/mol. The summed E-state index contributed by atoms with van der Waals surface area (Å²) in [6, 6.07) is 7.28. The van der Waals surface area contributed by atoms with Crippen LogP contribution in [0.4, 0.5) is 0 Å². The maximum Gasteiger partial charge on any atom is 0.281 e. The van der Waals surface area contributed by atoms with Crippen LogP contribution in [0.1, 0.15) is 10.4 Å². The Labute approximate surface area is 89.3 Å². The molecule has 0 aromatic heterocycles. The number of nitrogens with zero attached hydrogens (tertiary/aromatic N) is 1. The Morgan fingerprint density at radius 2 is 1.40 bits per heavy atom. The molecule has 6 nitrogen and oxygen atoms in total. The van der Waals surface area contributed by atoms with Crippen LogP contribution in [0.25, 0.3) is 0 Å². The summed E-state index contributed by atoms with van der Waals surface area (Å²) in [4.78, 5) is 11.4. The normalized spacial score (nSPS) is 10.5. The first kappa shape index (κ1) is 11.7. The summed E-state index contributed by atoms with van der Waals surface area (Å²) in [6.45, 7) is 0. The Balaban J connectivity index is 3.13. The first-order valence-corrected chi connectivity index (χ1v) is 5.98. The van der Waals surface area contributed by atoms with E-state index < -0.39 is 27.7 Å². The second-order valence-corrected chi connectivity index (χ2v) is 4.50. The van der Waals surface area contributed by atoms with Crippen LogP contribution in [-0.4, -0.2) is 26.5 Å². The molecule has 0 radical (unpaired) electrons. The lowest BCUT2D eigenvalue weighted by Crippen LogP contribution is -2.27. The Bertz CT molecular complexity index is 467. The zero-order valence-electron chi connectivity index (χ0n) is 7.27. The van der Waals surface area contributed by atoms with Gasteiger partial charge in [0.2, 0.25) is 21.8 Å². The summed E-state index contributed by atoms with van der Waals surface area (Å²) < 4.78 is 41.9. The van der Waals surface area contributed by atoms with E-state index in [0.717, 1.165) is 0 Å². The van der Waals surface area contributed by atoms with Gasteiger partial charge in [0, 0.05) is 5.56 Å². The van der Waals surface area contributed by atoms with E-state index in [1.54, 1.807) is 6.07 Å². The summed E-state index contributed by atoms with van der Waals surface area (Å²) in [7, 11) is -6.96. The van der Waals surface area contributed by atoms with Crippen molar-refractivity contribution in [3.8, 4) is 0 Å². The van der Waals surface area contributed by atoms with E-state index in [4.69, 9.17) is 0 Å². The maximum atomic E-state index is 11.4. The zero-order valence-corrected chi connectivity index (χ0v) is 9.06. The Morgan fingerprint density at radius 3 is 1.80 bits per heavy atom. The van der Waals surface area contributed by atoms with Gasteiger partial charge in [0.15, 0.2) is 0 Å². The molecule has 1 amide bonds. The molecule has 82 valence electrons. The number of carbonyl (C=O) groups excluding carboxylic acids is 1. The number of hydrogen-bond acceptors (Lipinski definition) is 5. The summed E-state index contributed by atoms with van der Waals surface area (Å²) >= 11 is 0. The Morgan fingerprint density at radius 1 is 0.933 bits per heavy atom. The largest absolute Gasteiger partial charge is 0.281 e. The van der Waals surface area contributed by atoms with Crippen molar-refractivity contribution in [3.05, 3.63) is 35.9 Å². The minimum Gasteiger partial charge on any atom is -0.267 e. The van der Waals surface area contributed by atoms with E-state index >= 15 is 0 Å². The quantitative estimate of drug-likeness (QED) is 0.683. The molecule has 8 heteroatoms. The second kappa shape index (κ2) is 4.89. The van der Waals surface area contributed by atoms with Gasteiger partial charge in [-0.3, -0.25) is 4.79 Å². The molecule has 0 atom stereocenters. The molecule has 0 saturated carbocycles. The van der Waals surface area contributed by atoms with Crippen LogP contribution in [0.3, 0.4) is 0 Å². The first-order valence-electron chi connectivity index (χ1n) is 3.72. The van der Waals surface area contributed by atoms with Crippen LogP contribution in [0.5, 0.6) is 0 Å². The van der Waals surface area contributed by atoms with Crippen molar-refractivity contribution in [2.75, 3.05) is 0 Å². The zero-order chi connectivity index (χ0) is 11.4. The van der Waals surface area contributed by atoms with Crippen LogP contribution in [0.2, 0.25) is 0 Å². The third kappa shape index (κ3) is 2.77. The fraction of sp³-hybridized carbons (Fsp3) is 0. The average molecular weight is 249 g/mol. The molecule has 1 rings (SSSR count). The summed E-state index contributed by atoms with van der Waals surface area (Å²) in [5.41, 5.74) is -0.00380. The molecule has 1 aromatic carbocycles. The van der Waals surface area contributed by atoms with Crippen LogP contribution in [-0.2, 0) is 21.8 Å². The second-order valence-electron chi connectivity index (χ2n) is 2.44. The molecule has 0 aliphatic heterocycles. The van der Waals surface area contributed by atoms with E-state index in [0.29, 0.717) is 0 Å². The number of rotatable bonds is 3. The Hall–Kier alpha value is -1.41. The van der Waals surface area contributed by atoms with E-state index in [1.807, 2.05) is 0 Å². The molecule has 0 fully saturated rings. The molecule has 0 aliphatic rings. The minimum atomic E-state index is -3.48. The fourth-order valence-electron chi connectivity index (χ4n) is 0.904. The molecule has 0 unspecified atom stereocenters. The van der Waals surface area contributed by atoms with Crippen LogP contribution in [0.15, 0.2) is 30.3 Å². The van der Waals surface area contributed by atoms with E-state index in [9.17, 15) is 21.6 Å². The van der Waals surface area contributed by atoms with Crippen molar-refractivity contribution in [1.82, 2.24) is 3.71 Å². The highest BCUT2D eigenvalue weighted by Gasteiger charge is 2.19. The van der Waals surface area contributed by atoms with Gasteiger partial charge in [0.25, 0.3) is 5.91 Å².